The van der Waals surface area contributed by atoms with Crippen LogP contribution in [0.4, 0.5) is 11.4 Å². The number of fused-ring (bicyclic) bond motifs is 2. The number of piperazine rings is 1. The summed E-state index contributed by atoms with van der Waals surface area (Å²) in [7, 11) is 1.45. The highest BCUT2D eigenvalue weighted by Crippen LogP contribution is 2.48. The van der Waals surface area contributed by atoms with Gasteiger partial charge >= 0.3 is 11.8 Å². The van der Waals surface area contributed by atoms with Crippen molar-refractivity contribution < 1.29 is 53.1 Å². The van der Waals surface area contributed by atoms with Gasteiger partial charge in [0, 0.05) is 99.1 Å². The highest BCUT2D eigenvalue weighted by molar-refractivity contribution is 6.26. The van der Waals surface area contributed by atoms with Crippen molar-refractivity contribution in [3.05, 3.63) is 75.7 Å². The van der Waals surface area contributed by atoms with Crippen molar-refractivity contribution in [2.24, 2.45) is 23.7 Å². The van der Waals surface area contributed by atoms with Crippen LogP contribution in [0.5, 0.6) is 11.5 Å². The maximum atomic E-state index is 14.7. The van der Waals surface area contributed by atoms with Gasteiger partial charge in [-0.3, -0.25) is 19.2 Å². The number of amides is 1. The second-order valence-electron chi connectivity index (χ2n) is 17.1. The topological polar surface area (TPSA) is 219 Å². The minimum absolute atomic E-state index is 0.00454. The maximum absolute atomic E-state index is 14.7. The number of esters is 1. The van der Waals surface area contributed by atoms with Gasteiger partial charge in [-0.2, -0.15) is 0 Å². The molecule has 4 bridgehead atoms. The van der Waals surface area contributed by atoms with E-state index < -0.39 is 82.7 Å². The van der Waals surface area contributed by atoms with E-state index >= 15 is 0 Å². The predicted molar refractivity (Wildman–Crippen MR) is 237 cm³/mol. The Morgan fingerprint density at radius 1 is 0.984 bits per heavy atom. The predicted octanol–water partition coefficient (Wildman–Crippen LogP) is 5.41. The van der Waals surface area contributed by atoms with Crippen LogP contribution in [0.25, 0.3) is 33.0 Å². The maximum Gasteiger partial charge on any atom is 0.312 e. The average Bonchev–Trinajstić information content (AvgIpc) is 3.53. The molecule has 5 N–H and O–H groups in total. The number of allylic oxidation sites excluding steroid dienone is 2. The summed E-state index contributed by atoms with van der Waals surface area (Å²) in [6.45, 7) is 15.7. The highest BCUT2D eigenvalue weighted by Gasteiger charge is 2.49. The number of rotatable bonds is 3. The number of hydrogen-bond donors (Lipinski definition) is 5. The zero-order valence-electron chi connectivity index (χ0n) is 37.0. The molecule has 0 aliphatic carbocycles. The van der Waals surface area contributed by atoms with Crippen LogP contribution in [0.1, 0.15) is 64.4 Å². The largest absolute Gasteiger partial charge is 0.505 e. The number of aromatic nitrogens is 1. The molecule has 16 heteroatoms. The van der Waals surface area contributed by atoms with Crippen molar-refractivity contribution >= 4 is 62.0 Å². The highest BCUT2D eigenvalue weighted by atomic mass is 16.7. The molecule has 1 saturated heterocycles. The Balaban J connectivity index is 1.44. The molecule has 0 saturated carbocycles. The zero-order valence-corrected chi connectivity index (χ0v) is 37.0. The fourth-order valence-electron chi connectivity index (χ4n) is 8.91. The third-order valence-electron chi connectivity index (χ3n) is 12.8. The van der Waals surface area contributed by atoms with Gasteiger partial charge in [0.1, 0.15) is 28.6 Å². The van der Waals surface area contributed by atoms with Gasteiger partial charge in [0.25, 0.3) is 11.7 Å². The number of ether oxygens (including phenoxy) is 4. The molecule has 1 aromatic heterocycles. The number of benzene rings is 3. The Labute approximate surface area is 364 Å². The van der Waals surface area contributed by atoms with Gasteiger partial charge in [-0.05, 0) is 32.1 Å². The van der Waals surface area contributed by atoms with E-state index in [9.17, 15) is 34.5 Å². The number of aliphatic hydroxyl groups is 2. The number of carbonyl (C=O) groups is 3. The summed E-state index contributed by atoms with van der Waals surface area (Å²) >= 11 is 0. The van der Waals surface area contributed by atoms with Crippen LogP contribution in [0.2, 0.25) is 0 Å². The number of nitrogens with zero attached hydrogens (tertiary/aromatic N) is 2. The van der Waals surface area contributed by atoms with Gasteiger partial charge in [0.2, 0.25) is 0 Å². The molecule has 4 aromatic rings. The summed E-state index contributed by atoms with van der Waals surface area (Å²) < 4.78 is 30.4. The lowest BCUT2D eigenvalue weighted by Gasteiger charge is -2.38. The van der Waals surface area contributed by atoms with E-state index in [2.05, 4.69) is 15.5 Å². The van der Waals surface area contributed by atoms with Crippen molar-refractivity contribution in [1.29, 1.82) is 0 Å². The Kier molecular flexibility index (Phi) is 12.7. The Morgan fingerprint density at radius 3 is 2.38 bits per heavy atom. The van der Waals surface area contributed by atoms with Crippen LogP contribution in [0.15, 0.2) is 63.6 Å². The number of carbonyl (C=O) groups excluding carboxylic acids is 3. The van der Waals surface area contributed by atoms with E-state index in [1.165, 1.54) is 46.3 Å². The van der Waals surface area contributed by atoms with Gasteiger partial charge in [-0.25, -0.2) is 4.98 Å². The van der Waals surface area contributed by atoms with Crippen LogP contribution in [-0.2, 0) is 23.8 Å². The molecule has 336 valence electrons. The first kappa shape index (κ1) is 45.2. The van der Waals surface area contributed by atoms with E-state index in [4.69, 9.17) is 28.3 Å². The molecule has 3 aliphatic heterocycles. The van der Waals surface area contributed by atoms with Crippen LogP contribution in [0.3, 0.4) is 0 Å². The van der Waals surface area contributed by atoms with Gasteiger partial charge in [0.05, 0.1) is 35.5 Å². The van der Waals surface area contributed by atoms with Crippen molar-refractivity contribution in [2.75, 3.05) is 43.5 Å². The van der Waals surface area contributed by atoms with E-state index in [1.807, 2.05) is 12.1 Å². The SMILES string of the molecule is CO[C@H]1/C=C/O[C@@]2(C)Oc3c(C)c(=O)c4c(O)c(c5oc6cc(N7CCNCC7)ccc6nc5c4c3C2=O)NC(=O)/C(C)=C\C=C\[C@H](C)[C@H](O)[C@@H](C)[C@@H](O)[C@@H](C)[C@H](OC(C)=O)[C@@H]1C. The molecule has 63 heavy (non-hydrogen) atoms. The lowest BCUT2D eigenvalue weighted by molar-refractivity contribution is -0.160. The Morgan fingerprint density at radius 2 is 1.70 bits per heavy atom. The number of anilines is 2. The fourth-order valence-corrected chi connectivity index (χ4v) is 8.91. The molecule has 1 amide bonds. The minimum Gasteiger partial charge on any atom is -0.505 e. The molecule has 3 aromatic carbocycles. The average molecular weight is 869 g/mol. The van der Waals surface area contributed by atoms with Gasteiger partial charge in [-0.15, -0.1) is 0 Å². The fraction of sp³-hybridized carbons (Fsp3) is 0.468. The number of hydrogen-bond acceptors (Lipinski definition) is 15. The van der Waals surface area contributed by atoms with Crippen LogP contribution in [-0.4, -0.2) is 101 Å². The minimum atomic E-state index is -2.03. The van der Waals surface area contributed by atoms with Gasteiger partial charge in [-0.1, -0.05) is 45.9 Å². The molecular weight excluding hydrogens is 813 g/mol. The smallest absolute Gasteiger partial charge is 0.312 e. The number of aliphatic hydroxyl groups excluding tert-OH is 2. The second-order valence-corrected chi connectivity index (χ2v) is 17.1. The first-order valence-corrected chi connectivity index (χ1v) is 21.2. The summed E-state index contributed by atoms with van der Waals surface area (Å²) in [5, 5.41) is 40.9. The molecule has 16 nitrogen and oxygen atoms in total. The molecule has 0 spiro atoms. The molecule has 0 radical (unpaired) electrons. The van der Waals surface area contributed by atoms with Crippen molar-refractivity contribution in [3.63, 3.8) is 0 Å². The van der Waals surface area contributed by atoms with E-state index in [0.717, 1.165) is 31.9 Å². The molecule has 4 heterocycles. The summed E-state index contributed by atoms with van der Waals surface area (Å²) in [6.07, 6.45) is 3.69. The Hall–Kier alpha value is -5.81. The van der Waals surface area contributed by atoms with Crippen molar-refractivity contribution in [2.45, 2.75) is 85.6 Å². The van der Waals surface area contributed by atoms with E-state index in [1.54, 1.807) is 52.8 Å². The third kappa shape index (κ3) is 8.28. The van der Waals surface area contributed by atoms with Crippen molar-refractivity contribution in [1.82, 2.24) is 10.3 Å². The van der Waals surface area contributed by atoms with E-state index in [-0.39, 0.29) is 50.0 Å². The summed E-state index contributed by atoms with van der Waals surface area (Å²) in [6, 6.07) is 5.49. The number of aromatic hydroxyl groups is 1. The third-order valence-corrected chi connectivity index (χ3v) is 12.8. The van der Waals surface area contributed by atoms with Gasteiger partial charge in [0.15, 0.2) is 22.3 Å². The number of phenolic OH excluding ortho intramolecular Hbond substituents is 1. The quantitative estimate of drug-likeness (QED) is 0.0753. The van der Waals surface area contributed by atoms with Gasteiger partial charge < -0.3 is 54.2 Å². The molecule has 3 aliphatic rings. The number of nitrogens with one attached hydrogen (secondary N) is 2. The van der Waals surface area contributed by atoms with Crippen molar-refractivity contribution in [3.8, 4) is 11.5 Å². The Bertz CT molecular complexity index is 2630. The molecule has 9 atom stereocenters. The molecule has 1 fully saturated rings. The van der Waals surface area contributed by atoms with Crippen LogP contribution >= 0.6 is 0 Å². The summed E-state index contributed by atoms with van der Waals surface area (Å²) in [5.74, 6) is -7.14. The first-order chi connectivity index (χ1) is 29.9. The lowest BCUT2D eigenvalue weighted by Crippen LogP contribution is -2.46. The molecule has 0 unspecified atom stereocenters. The summed E-state index contributed by atoms with van der Waals surface area (Å²) in [4.78, 5) is 62.5. The second kappa shape index (κ2) is 17.8. The first-order valence-electron chi connectivity index (χ1n) is 21.2. The summed E-state index contributed by atoms with van der Waals surface area (Å²) in [5.41, 5.74) is 0.704. The number of phenols is 1. The number of Topliss-reactive ketones (excluding diaryl/α,β-unsaturated/α-hetero) is 1. The lowest BCUT2D eigenvalue weighted by atomic mass is 9.78. The zero-order chi connectivity index (χ0) is 45.7. The standard InChI is InChI=1S/C47H56N4O12/c1-22-11-10-12-23(2)46(58)50-37-41(56)34-33(36-44(37)62-32-21-29(13-14-30(32)49-36)51-18-16-48-17-19-51)35-43(27(6)40(34)55)63-47(8,45(35)57)60-20-15-31(59-9)24(3)42(61-28(7)52)26(5)39(54)25(4)38(22)53/h10-15,20-22,24-26,31,38-39,42,48,53-54,56H,16-19H2,1-9H3,(H,50,58)/b11-10+,20-15+,23-12-/t22-,24+,25+,26+,31-,38-,39+,42+,47-/m0/s1. The molecule has 7 rings (SSSR count). The normalized spacial score (nSPS) is 30.5. The monoisotopic (exact) mass is 868 g/mol. The van der Waals surface area contributed by atoms with Crippen LogP contribution in [0, 0.1) is 30.6 Å². The number of ketones is 1. The number of methoxy groups -OCH3 is 1. The van der Waals surface area contributed by atoms with E-state index in [0.29, 0.717) is 11.1 Å². The van der Waals surface area contributed by atoms with Crippen LogP contribution < -0.4 is 25.7 Å². The molecular formula is C47H56N4O12.